The summed E-state index contributed by atoms with van der Waals surface area (Å²) in [7, 11) is 0. The molecule has 1 atom stereocenters. The van der Waals surface area contributed by atoms with Crippen molar-refractivity contribution in [2.24, 2.45) is 5.92 Å². The van der Waals surface area contributed by atoms with Gasteiger partial charge < -0.3 is 15.5 Å². The Morgan fingerprint density at radius 3 is 2.32 bits per heavy atom. The van der Waals surface area contributed by atoms with Gasteiger partial charge in [-0.1, -0.05) is 19.3 Å². The highest BCUT2D eigenvalue weighted by Gasteiger charge is 2.43. The van der Waals surface area contributed by atoms with Gasteiger partial charge in [-0.15, -0.1) is 12.4 Å². The molecule has 2 amide bonds. The van der Waals surface area contributed by atoms with Crippen molar-refractivity contribution in [2.75, 3.05) is 26.2 Å². The Kier molecular flexibility index (Phi) is 7.63. The van der Waals surface area contributed by atoms with Crippen LogP contribution < -0.4 is 10.6 Å². The number of rotatable bonds is 5. The SMILES string of the molecule is CCN(CC)C(=O)C1(NC(=O)C2CCNC2)CCCCC1.Cl. The van der Waals surface area contributed by atoms with Gasteiger partial charge in [-0.25, -0.2) is 0 Å². The van der Waals surface area contributed by atoms with E-state index in [1.54, 1.807) is 0 Å². The molecular weight excluding hydrogens is 302 g/mol. The van der Waals surface area contributed by atoms with Crippen molar-refractivity contribution in [3.8, 4) is 0 Å². The molecule has 22 heavy (non-hydrogen) atoms. The van der Waals surface area contributed by atoms with Gasteiger partial charge in [0.25, 0.3) is 0 Å². The highest BCUT2D eigenvalue weighted by molar-refractivity contribution is 5.92. The monoisotopic (exact) mass is 331 g/mol. The first kappa shape index (κ1) is 19.2. The molecule has 0 spiro atoms. The van der Waals surface area contributed by atoms with Crippen molar-refractivity contribution >= 4 is 24.2 Å². The fourth-order valence-electron chi connectivity index (χ4n) is 3.58. The molecular formula is C16H30ClN3O2. The fraction of sp³-hybridized carbons (Fsp3) is 0.875. The molecule has 128 valence electrons. The van der Waals surface area contributed by atoms with E-state index in [2.05, 4.69) is 10.6 Å². The minimum Gasteiger partial charge on any atom is -0.341 e. The number of amides is 2. The molecule has 0 bridgehead atoms. The minimum atomic E-state index is -0.649. The Morgan fingerprint density at radius 1 is 1.18 bits per heavy atom. The lowest BCUT2D eigenvalue weighted by Gasteiger charge is -2.40. The molecule has 1 unspecified atom stereocenters. The topological polar surface area (TPSA) is 61.4 Å². The number of nitrogens with zero attached hydrogens (tertiary/aromatic N) is 1. The zero-order chi connectivity index (χ0) is 15.3. The highest BCUT2D eigenvalue weighted by atomic mass is 35.5. The van der Waals surface area contributed by atoms with E-state index >= 15 is 0 Å². The maximum Gasteiger partial charge on any atom is 0.248 e. The average molecular weight is 332 g/mol. The molecule has 2 rings (SSSR count). The summed E-state index contributed by atoms with van der Waals surface area (Å²) in [6.07, 6.45) is 5.66. The average Bonchev–Trinajstić information content (AvgIpc) is 3.03. The largest absolute Gasteiger partial charge is 0.341 e. The van der Waals surface area contributed by atoms with Crippen molar-refractivity contribution in [1.82, 2.24) is 15.5 Å². The van der Waals surface area contributed by atoms with Crippen LogP contribution in [0.4, 0.5) is 0 Å². The summed E-state index contributed by atoms with van der Waals surface area (Å²) in [6, 6.07) is 0. The van der Waals surface area contributed by atoms with E-state index in [9.17, 15) is 9.59 Å². The standard InChI is InChI=1S/C16H29N3O2.ClH/c1-3-19(4-2)15(21)16(9-6-5-7-10-16)18-14(20)13-8-11-17-12-13;/h13,17H,3-12H2,1-2H3,(H,18,20);1H. The van der Waals surface area contributed by atoms with Gasteiger partial charge in [0.1, 0.15) is 5.54 Å². The summed E-state index contributed by atoms with van der Waals surface area (Å²) in [6.45, 7) is 7.05. The minimum absolute atomic E-state index is 0. The second kappa shape index (κ2) is 8.73. The zero-order valence-electron chi connectivity index (χ0n) is 13.8. The molecule has 2 aliphatic rings. The van der Waals surface area contributed by atoms with E-state index in [1.165, 1.54) is 0 Å². The molecule has 0 aromatic rings. The first-order chi connectivity index (χ1) is 10.1. The van der Waals surface area contributed by atoms with Gasteiger partial charge >= 0.3 is 0 Å². The van der Waals surface area contributed by atoms with Gasteiger partial charge in [0, 0.05) is 19.6 Å². The number of hydrogen-bond acceptors (Lipinski definition) is 3. The first-order valence-electron chi connectivity index (χ1n) is 8.45. The summed E-state index contributed by atoms with van der Waals surface area (Å²) < 4.78 is 0. The van der Waals surface area contributed by atoms with Crippen LogP contribution in [0.2, 0.25) is 0 Å². The van der Waals surface area contributed by atoms with E-state index in [0.29, 0.717) is 13.1 Å². The van der Waals surface area contributed by atoms with Gasteiger partial charge in [0.2, 0.25) is 11.8 Å². The van der Waals surface area contributed by atoms with Gasteiger partial charge in [-0.2, -0.15) is 0 Å². The van der Waals surface area contributed by atoms with Crippen LogP contribution in [0.1, 0.15) is 52.4 Å². The van der Waals surface area contributed by atoms with Crippen LogP contribution in [-0.4, -0.2) is 48.4 Å². The van der Waals surface area contributed by atoms with Crippen LogP contribution in [0.3, 0.4) is 0 Å². The van der Waals surface area contributed by atoms with E-state index in [0.717, 1.165) is 51.6 Å². The predicted octanol–water partition coefficient (Wildman–Crippen LogP) is 1.71. The number of halogens is 1. The van der Waals surface area contributed by atoms with Crippen LogP contribution >= 0.6 is 12.4 Å². The second-order valence-corrected chi connectivity index (χ2v) is 6.30. The van der Waals surface area contributed by atoms with E-state index in [-0.39, 0.29) is 30.1 Å². The predicted molar refractivity (Wildman–Crippen MR) is 90.1 cm³/mol. The quantitative estimate of drug-likeness (QED) is 0.806. The van der Waals surface area contributed by atoms with Gasteiger partial charge in [0.05, 0.1) is 5.92 Å². The number of carbonyl (C=O) groups excluding carboxylic acids is 2. The number of carbonyl (C=O) groups is 2. The van der Waals surface area contributed by atoms with Crippen molar-refractivity contribution in [2.45, 2.75) is 57.9 Å². The summed E-state index contributed by atoms with van der Waals surface area (Å²) in [5, 5.41) is 6.37. The Labute approximate surface area is 140 Å². The molecule has 1 heterocycles. The lowest BCUT2D eigenvalue weighted by atomic mass is 9.80. The van der Waals surface area contributed by atoms with Gasteiger partial charge in [-0.3, -0.25) is 9.59 Å². The zero-order valence-corrected chi connectivity index (χ0v) is 14.6. The molecule has 0 aromatic heterocycles. The Morgan fingerprint density at radius 2 is 1.82 bits per heavy atom. The number of likely N-dealkylation sites (N-methyl/N-ethyl adjacent to an activating group) is 1. The molecule has 6 heteroatoms. The van der Waals surface area contributed by atoms with Crippen molar-refractivity contribution in [3.05, 3.63) is 0 Å². The molecule has 0 aromatic carbocycles. The Bertz CT molecular complexity index is 374. The third-order valence-corrected chi connectivity index (χ3v) is 4.96. The van der Waals surface area contributed by atoms with Crippen molar-refractivity contribution in [3.63, 3.8) is 0 Å². The number of nitrogens with one attached hydrogen (secondary N) is 2. The maximum atomic E-state index is 12.9. The van der Waals surface area contributed by atoms with Crippen LogP contribution in [0, 0.1) is 5.92 Å². The van der Waals surface area contributed by atoms with E-state index in [4.69, 9.17) is 0 Å². The molecule has 1 saturated heterocycles. The normalized spacial score (nSPS) is 23.5. The van der Waals surface area contributed by atoms with Crippen LogP contribution in [-0.2, 0) is 9.59 Å². The van der Waals surface area contributed by atoms with Crippen LogP contribution in [0.25, 0.3) is 0 Å². The molecule has 2 N–H and O–H groups in total. The van der Waals surface area contributed by atoms with E-state index in [1.807, 2.05) is 18.7 Å². The van der Waals surface area contributed by atoms with Crippen molar-refractivity contribution < 1.29 is 9.59 Å². The fourth-order valence-corrected chi connectivity index (χ4v) is 3.58. The first-order valence-corrected chi connectivity index (χ1v) is 8.45. The van der Waals surface area contributed by atoms with Crippen LogP contribution in [0.15, 0.2) is 0 Å². The van der Waals surface area contributed by atoms with Gasteiger partial charge in [-0.05, 0) is 39.7 Å². The smallest absolute Gasteiger partial charge is 0.248 e. The third kappa shape index (κ3) is 4.13. The summed E-state index contributed by atoms with van der Waals surface area (Å²) in [5.41, 5.74) is -0.649. The lowest BCUT2D eigenvalue weighted by molar-refractivity contribution is -0.144. The second-order valence-electron chi connectivity index (χ2n) is 6.30. The third-order valence-electron chi connectivity index (χ3n) is 4.96. The molecule has 1 saturated carbocycles. The molecule has 2 fully saturated rings. The summed E-state index contributed by atoms with van der Waals surface area (Å²) in [4.78, 5) is 27.3. The van der Waals surface area contributed by atoms with Gasteiger partial charge in [0.15, 0.2) is 0 Å². The number of hydrogen-bond donors (Lipinski definition) is 2. The van der Waals surface area contributed by atoms with E-state index < -0.39 is 5.54 Å². The molecule has 5 nitrogen and oxygen atoms in total. The summed E-state index contributed by atoms with van der Waals surface area (Å²) >= 11 is 0. The summed E-state index contributed by atoms with van der Waals surface area (Å²) in [5.74, 6) is 0.196. The Balaban J connectivity index is 0.00000242. The van der Waals surface area contributed by atoms with Crippen LogP contribution in [0.5, 0.6) is 0 Å². The molecule has 1 aliphatic heterocycles. The highest BCUT2D eigenvalue weighted by Crippen LogP contribution is 2.31. The molecule has 0 radical (unpaired) electrons. The van der Waals surface area contributed by atoms with Crippen molar-refractivity contribution in [1.29, 1.82) is 0 Å². The Hall–Kier alpha value is -0.810. The maximum absolute atomic E-state index is 12.9. The lowest BCUT2D eigenvalue weighted by Crippen LogP contribution is -2.61. The molecule has 1 aliphatic carbocycles.